The zero-order valence-corrected chi connectivity index (χ0v) is 15.8. The molecular formula is C21H30N4O. The molecule has 1 saturated carbocycles. The van der Waals surface area contributed by atoms with E-state index in [1.54, 1.807) is 0 Å². The van der Waals surface area contributed by atoms with E-state index >= 15 is 0 Å². The highest BCUT2D eigenvalue weighted by atomic mass is 16.1. The Labute approximate surface area is 155 Å². The van der Waals surface area contributed by atoms with Gasteiger partial charge in [-0.1, -0.05) is 32.6 Å². The summed E-state index contributed by atoms with van der Waals surface area (Å²) < 4.78 is 2.34. The smallest absolute Gasteiger partial charge is 0.227 e. The summed E-state index contributed by atoms with van der Waals surface area (Å²) in [4.78, 5) is 19.9. The fraction of sp³-hybridized carbons (Fsp3) is 0.619. The summed E-state index contributed by atoms with van der Waals surface area (Å²) in [6, 6.07) is 6.18. The van der Waals surface area contributed by atoms with Crippen LogP contribution in [0.2, 0.25) is 0 Å². The van der Waals surface area contributed by atoms with Gasteiger partial charge in [0.05, 0.1) is 17.6 Å². The van der Waals surface area contributed by atoms with E-state index in [1.807, 2.05) is 12.1 Å². The van der Waals surface area contributed by atoms with Crippen LogP contribution < -0.4 is 5.32 Å². The molecule has 1 amide bonds. The van der Waals surface area contributed by atoms with E-state index in [0.29, 0.717) is 0 Å². The maximum Gasteiger partial charge on any atom is 0.227 e. The maximum atomic E-state index is 12.5. The Morgan fingerprint density at radius 3 is 2.88 bits per heavy atom. The van der Waals surface area contributed by atoms with Crippen LogP contribution in [-0.4, -0.2) is 33.4 Å². The number of hydrogen-bond donors (Lipinski definition) is 1. The standard InChI is InChI=1S/C21H30N4O/c1-2-3-11-24-12-13-25-19-10-9-17(14-18(19)23-20(25)15-24)22-21(26)16-7-5-4-6-8-16/h9-10,14,16H,2-8,11-13,15H2,1H3,(H,22,26). The van der Waals surface area contributed by atoms with E-state index in [2.05, 4.69) is 27.8 Å². The van der Waals surface area contributed by atoms with Crippen LogP contribution >= 0.6 is 0 Å². The number of nitrogens with one attached hydrogen (secondary N) is 1. The van der Waals surface area contributed by atoms with Crippen LogP contribution in [0.15, 0.2) is 18.2 Å². The summed E-state index contributed by atoms with van der Waals surface area (Å²) in [7, 11) is 0. The van der Waals surface area contributed by atoms with Gasteiger partial charge in [0.25, 0.3) is 0 Å². The molecule has 2 aliphatic rings. The average molecular weight is 354 g/mol. The molecule has 5 heteroatoms. The van der Waals surface area contributed by atoms with Crippen LogP contribution in [0.3, 0.4) is 0 Å². The van der Waals surface area contributed by atoms with Crippen molar-refractivity contribution in [3.63, 3.8) is 0 Å². The molecule has 0 radical (unpaired) electrons. The van der Waals surface area contributed by atoms with E-state index < -0.39 is 0 Å². The summed E-state index contributed by atoms with van der Waals surface area (Å²) in [5.74, 6) is 1.51. The zero-order chi connectivity index (χ0) is 17.9. The monoisotopic (exact) mass is 354 g/mol. The molecule has 5 nitrogen and oxygen atoms in total. The SMILES string of the molecule is CCCCN1CCn2c(nc3cc(NC(=O)C4CCCCC4)ccc32)C1. The third-order valence-corrected chi connectivity index (χ3v) is 5.90. The molecule has 1 aliphatic heterocycles. The summed E-state index contributed by atoms with van der Waals surface area (Å²) in [6.45, 7) is 6.42. The van der Waals surface area contributed by atoms with Crippen molar-refractivity contribution in [3.8, 4) is 0 Å². The molecule has 26 heavy (non-hydrogen) atoms. The van der Waals surface area contributed by atoms with Gasteiger partial charge in [-0.2, -0.15) is 0 Å². The second kappa shape index (κ2) is 7.78. The molecule has 0 unspecified atom stereocenters. The summed E-state index contributed by atoms with van der Waals surface area (Å²) >= 11 is 0. The number of carbonyl (C=O) groups excluding carboxylic acids is 1. The predicted molar refractivity (Wildman–Crippen MR) is 105 cm³/mol. The first-order chi connectivity index (χ1) is 12.7. The lowest BCUT2D eigenvalue weighted by molar-refractivity contribution is -0.120. The minimum absolute atomic E-state index is 0.179. The number of anilines is 1. The Balaban J connectivity index is 1.48. The third-order valence-electron chi connectivity index (χ3n) is 5.90. The first kappa shape index (κ1) is 17.5. The molecule has 1 aromatic carbocycles. The molecule has 4 rings (SSSR count). The highest BCUT2D eigenvalue weighted by Gasteiger charge is 2.22. The minimum atomic E-state index is 0.179. The van der Waals surface area contributed by atoms with Gasteiger partial charge in [-0.25, -0.2) is 4.98 Å². The molecule has 0 atom stereocenters. The Hall–Kier alpha value is -1.88. The minimum Gasteiger partial charge on any atom is -0.326 e. The number of imidazole rings is 1. The quantitative estimate of drug-likeness (QED) is 0.877. The number of rotatable bonds is 5. The van der Waals surface area contributed by atoms with Crippen LogP contribution in [0.1, 0.15) is 57.7 Å². The predicted octanol–water partition coefficient (Wildman–Crippen LogP) is 4.17. The van der Waals surface area contributed by atoms with Crippen molar-refractivity contribution in [2.75, 3.05) is 18.4 Å². The lowest BCUT2D eigenvalue weighted by atomic mass is 9.88. The van der Waals surface area contributed by atoms with Gasteiger partial charge >= 0.3 is 0 Å². The van der Waals surface area contributed by atoms with E-state index in [-0.39, 0.29) is 11.8 Å². The summed E-state index contributed by atoms with van der Waals surface area (Å²) in [5, 5.41) is 3.12. The fourth-order valence-corrected chi connectivity index (χ4v) is 4.33. The number of aromatic nitrogens is 2. The van der Waals surface area contributed by atoms with Crippen LogP contribution in [0, 0.1) is 5.92 Å². The number of nitrogens with zero attached hydrogens (tertiary/aromatic N) is 3. The van der Waals surface area contributed by atoms with Crippen molar-refractivity contribution in [3.05, 3.63) is 24.0 Å². The van der Waals surface area contributed by atoms with E-state index in [0.717, 1.165) is 56.0 Å². The Bertz CT molecular complexity index is 776. The van der Waals surface area contributed by atoms with Gasteiger partial charge in [0.1, 0.15) is 5.82 Å². The normalized spacial score (nSPS) is 18.8. The Morgan fingerprint density at radius 2 is 2.08 bits per heavy atom. The van der Waals surface area contributed by atoms with Crippen LogP contribution in [-0.2, 0) is 17.9 Å². The topological polar surface area (TPSA) is 50.2 Å². The Kier molecular flexibility index (Phi) is 5.25. The van der Waals surface area contributed by atoms with E-state index in [9.17, 15) is 4.79 Å². The number of hydrogen-bond acceptors (Lipinski definition) is 3. The van der Waals surface area contributed by atoms with Crippen molar-refractivity contribution >= 4 is 22.6 Å². The van der Waals surface area contributed by atoms with Gasteiger partial charge in [0.2, 0.25) is 5.91 Å². The van der Waals surface area contributed by atoms with Gasteiger partial charge in [-0.15, -0.1) is 0 Å². The van der Waals surface area contributed by atoms with E-state index in [4.69, 9.17) is 4.98 Å². The molecule has 0 spiro atoms. The van der Waals surface area contributed by atoms with Crippen LogP contribution in [0.4, 0.5) is 5.69 Å². The van der Waals surface area contributed by atoms with Crippen LogP contribution in [0.25, 0.3) is 11.0 Å². The van der Waals surface area contributed by atoms with Gasteiger partial charge in [-0.05, 0) is 44.0 Å². The van der Waals surface area contributed by atoms with Crippen molar-refractivity contribution in [1.29, 1.82) is 0 Å². The van der Waals surface area contributed by atoms with Crippen LogP contribution in [0.5, 0.6) is 0 Å². The number of carbonyl (C=O) groups is 1. The summed E-state index contributed by atoms with van der Waals surface area (Å²) in [5.41, 5.74) is 3.07. The van der Waals surface area contributed by atoms with Crippen molar-refractivity contribution in [1.82, 2.24) is 14.5 Å². The van der Waals surface area contributed by atoms with Crippen molar-refractivity contribution in [2.45, 2.75) is 65.0 Å². The van der Waals surface area contributed by atoms with Crippen molar-refractivity contribution < 1.29 is 4.79 Å². The summed E-state index contributed by atoms with van der Waals surface area (Å²) in [6.07, 6.45) is 8.17. The molecule has 2 heterocycles. The molecular weight excluding hydrogens is 324 g/mol. The largest absolute Gasteiger partial charge is 0.326 e. The Morgan fingerprint density at radius 1 is 1.23 bits per heavy atom. The van der Waals surface area contributed by atoms with Gasteiger partial charge in [0, 0.05) is 24.7 Å². The second-order valence-corrected chi connectivity index (χ2v) is 7.84. The maximum absolute atomic E-state index is 12.5. The van der Waals surface area contributed by atoms with Crippen molar-refractivity contribution in [2.24, 2.45) is 5.92 Å². The molecule has 0 bridgehead atoms. The first-order valence-corrected chi connectivity index (χ1v) is 10.3. The number of unbranched alkanes of at least 4 members (excludes halogenated alkanes) is 1. The first-order valence-electron chi connectivity index (χ1n) is 10.3. The zero-order valence-electron chi connectivity index (χ0n) is 15.8. The molecule has 140 valence electrons. The van der Waals surface area contributed by atoms with Gasteiger partial charge in [-0.3, -0.25) is 9.69 Å². The second-order valence-electron chi connectivity index (χ2n) is 7.84. The molecule has 1 aromatic heterocycles. The van der Waals surface area contributed by atoms with Gasteiger partial charge in [0.15, 0.2) is 0 Å². The number of fused-ring (bicyclic) bond motifs is 3. The van der Waals surface area contributed by atoms with Gasteiger partial charge < -0.3 is 9.88 Å². The molecule has 0 saturated heterocycles. The lowest BCUT2D eigenvalue weighted by Gasteiger charge is -2.27. The molecule has 1 aliphatic carbocycles. The average Bonchev–Trinajstić information content (AvgIpc) is 3.03. The molecule has 1 fully saturated rings. The highest BCUT2D eigenvalue weighted by Crippen LogP contribution is 2.27. The highest BCUT2D eigenvalue weighted by molar-refractivity contribution is 5.94. The molecule has 1 N–H and O–H groups in total. The third kappa shape index (κ3) is 3.63. The number of benzene rings is 1. The fourth-order valence-electron chi connectivity index (χ4n) is 4.33. The number of amides is 1. The van der Waals surface area contributed by atoms with E-state index in [1.165, 1.54) is 37.6 Å². The lowest BCUT2D eigenvalue weighted by Crippen LogP contribution is -2.34. The molecule has 2 aromatic rings.